The van der Waals surface area contributed by atoms with Crippen LogP contribution in [0.15, 0.2) is 21.8 Å². The van der Waals surface area contributed by atoms with Gasteiger partial charge in [0.1, 0.15) is 6.26 Å². The minimum Gasteiger partial charge on any atom is -0.364 e. The molecule has 0 aromatic carbocycles. The first-order valence-corrected chi connectivity index (χ1v) is 10.5. The molecule has 0 bridgehead atoms. The number of aromatic nitrogens is 1. The van der Waals surface area contributed by atoms with Crippen molar-refractivity contribution < 1.29 is 4.52 Å². The van der Waals surface area contributed by atoms with Crippen molar-refractivity contribution >= 4 is 29.9 Å². The van der Waals surface area contributed by atoms with Crippen LogP contribution in [0, 0.1) is 5.92 Å². The third kappa shape index (κ3) is 6.88. The summed E-state index contributed by atoms with van der Waals surface area (Å²) in [5, 5.41) is 7.68. The Morgan fingerprint density at radius 3 is 2.68 bits per heavy atom. The molecule has 1 atom stereocenters. The van der Waals surface area contributed by atoms with Crippen LogP contribution in [0.25, 0.3) is 0 Å². The van der Waals surface area contributed by atoms with Crippen LogP contribution >= 0.6 is 24.0 Å². The number of nitrogens with one attached hydrogen (secondary N) is 1. The molecule has 28 heavy (non-hydrogen) atoms. The number of piperazine rings is 1. The standard InChI is InChI=1S/C20H36N6O.HI/c1-17(2)15-26-8-5-4-6-19(26)14-22-20(21-3)25-11-9-24(10-12-25)16-18-7-13-27-23-18;/h7,13,17,19H,4-6,8-12,14-16H2,1-3H3,(H,21,22);1H. The van der Waals surface area contributed by atoms with Crippen LogP contribution in [0.3, 0.4) is 0 Å². The van der Waals surface area contributed by atoms with Crippen LogP contribution in [-0.2, 0) is 6.54 Å². The van der Waals surface area contributed by atoms with Crippen LogP contribution in [0.1, 0.15) is 38.8 Å². The predicted molar refractivity (Wildman–Crippen MR) is 124 cm³/mol. The van der Waals surface area contributed by atoms with E-state index in [-0.39, 0.29) is 24.0 Å². The molecule has 1 unspecified atom stereocenters. The SMILES string of the molecule is CN=C(NCC1CCCCN1CC(C)C)N1CCN(Cc2ccon2)CC1.I. The van der Waals surface area contributed by atoms with Gasteiger partial charge < -0.3 is 14.7 Å². The molecule has 1 aromatic heterocycles. The fourth-order valence-electron chi connectivity index (χ4n) is 4.21. The number of guanidine groups is 1. The Morgan fingerprint density at radius 1 is 1.25 bits per heavy atom. The van der Waals surface area contributed by atoms with Crippen molar-refractivity contribution in [3.63, 3.8) is 0 Å². The molecule has 0 radical (unpaired) electrons. The maximum Gasteiger partial charge on any atom is 0.193 e. The molecule has 2 fully saturated rings. The fraction of sp³-hybridized carbons (Fsp3) is 0.800. The van der Waals surface area contributed by atoms with Gasteiger partial charge in [-0.25, -0.2) is 0 Å². The van der Waals surface area contributed by atoms with Crippen molar-refractivity contribution in [1.29, 1.82) is 0 Å². The number of rotatable bonds is 6. The fourth-order valence-corrected chi connectivity index (χ4v) is 4.21. The molecule has 0 aliphatic carbocycles. The highest BCUT2D eigenvalue weighted by Gasteiger charge is 2.25. The van der Waals surface area contributed by atoms with Crippen LogP contribution in [0.4, 0.5) is 0 Å². The summed E-state index contributed by atoms with van der Waals surface area (Å²) in [6.07, 6.45) is 5.62. The van der Waals surface area contributed by atoms with Crippen molar-refractivity contribution in [3.05, 3.63) is 18.0 Å². The van der Waals surface area contributed by atoms with E-state index < -0.39 is 0 Å². The first-order chi connectivity index (χ1) is 13.2. The van der Waals surface area contributed by atoms with E-state index in [4.69, 9.17) is 4.52 Å². The monoisotopic (exact) mass is 504 g/mol. The first kappa shape index (κ1) is 23.4. The van der Waals surface area contributed by atoms with Gasteiger partial charge in [0.25, 0.3) is 0 Å². The van der Waals surface area contributed by atoms with Gasteiger partial charge in [-0.1, -0.05) is 25.4 Å². The second-order valence-corrected chi connectivity index (χ2v) is 8.22. The molecule has 2 aliphatic heterocycles. The normalized spacial score (nSPS) is 22.4. The van der Waals surface area contributed by atoms with E-state index in [1.807, 2.05) is 13.1 Å². The molecule has 2 saturated heterocycles. The van der Waals surface area contributed by atoms with Gasteiger partial charge in [-0.05, 0) is 25.3 Å². The zero-order valence-electron chi connectivity index (χ0n) is 17.6. The summed E-state index contributed by atoms with van der Waals surface area (Å²) in [7, 11) is 1.90. The summed E-state index contributed by atoms with van der Waals surface area (Å²) in [6.45, 7) is 13.0. The van der Waals surface area contributed by atoms with E-state index in [2.05, 4.69) is 44.0 Å². The number of piperidine rings is 1. The zero-order valence-corrected chi connectivity index (χ0v) is 20.0. The van der Waals surface area contributed by atoms with Crippen LogP contribution in [-0.4, -0.2) is 84.7 Å². The molecule has 1 aromatic rings. The predicted octanol–water partition coefficient (Wildman–Crippen LogP) is 2.50. The van der Waals surface area contributed by atoms with E-state index in [0.717, 1.165) is 56.8 Å². The summed E-state index contributed by atoms with van der Waals surface area (Å²) < 4.78 is 4.93. The molecule has 0 spiro atoms. The average molecular weight is 504 g/mol. The quantitative estimate of drug-likeness (QED) is 0.365. The average Bonchev–Trinajstić information content (AvgIpc) is 3.17. The lowest BCUT2D eigenvalue weighted by Crippen LogP contribution is -2.55. The van der Waals surface area contributed by atoms with Gasteiger partial charge in [0, 0.05) is 65.0 Å². The Labute approximate surface area is 186 Å². The molecule has 8 heteroatoms. The van der Waals surface area contributed by atoms with Crippen molar-refractivity contribution in [2.24, 2.45) is 10.9 Å². The van der Waals surface area contributed by atoms with Crippen molar-refractivity contribution in [2.45, 2.75) is 45.7 Å². The van der Waals surface area contributed by atoms with Gasteiger partial charge in [-0.3, -0.25) is 14.8 Å². The Bertz CT molecular complexity index is 571. The van der Waals surface area contributed by atoms with Gasteiger partial charge in [0.05, 0.1) is 5.69 Å². The highest BCUT2D eigenvalue weighted by atomic mass is 127. The maximum absolute atomic E-state index is 4.93. The van der Waals surface area contributed by atoms with Gasteiger partial charge in [-0.15, -0.1) is 24.0 Å². The van der Waals surface area contributed by atoms with E-state index in [9.17, 15) is 0 Å². The molecular weight excluding hydrogens is 467 g/mol. The lowest BCUT2D eigenvalue weighted by Gasteiger charge is -2.39. The summed E-state index contributed by atoms with van der Waals surface area (Å²) in [5.41, 5.74) is 1.01. The summed E-state index contributed by atoms with van der Waals surface area (Å²) in [4.78, 5) is 12.0. The summed E-state index contributed by atoms with van der Waals surface area (Å²) in [6, 6.07) is 2.58. The molecule has 3 rings (SSSR count). The van der Waals surface area contributed by atoms with Crippen molar-refractivity contribution in [2.75, 3.05) is 52.9 Å². The van der Waals surface area contributed by atoms with Crippen LogP contribution in [0.5, 0.6) is 0 Å². The topological polar surface area (TPSA) is 60.1 Å². The Kier molecular flexibility index (Phi) is 10.0. The van der Waals surface area contributed by atoms with Gasteiger partial charge in [-0.2, -0.15) is 0 Å². The van der Waals surface area contributed by atoms with Crippen LogP contribution < -0.4 is 5.32 Å². The van der Waals surface area contributed by atoms with Gasteiger partial charge in [0.15, 0.2) is 5.96 Å². The molecule has 2 aliphatic rings. The van der Waals surface area contributed by atoms with E-state index in [0.29, 0.717) is 6.04 Å². The van der Waals surface area contributed by atoms with E-state index in [1.165, 1.54) is 32.4 Å². The number of hydrogen-bond acceptors (Lipinski definition) is 5. The highest BCUT2D eigenvalue weighted by Crippen LogP contribution is 2.18. The second-order valence-electron chi connectivity index (χ2n) is 8.22. The smallest absolute Gasteiger partial charge is 0.193 e. The third-order valence-corrected chi connectivity index (χ3v) is 5.61. The Balaban J connectivity index is 0.00000280. The van der Waals surface area contributed by atoms with E-state index in [1.54, 1.807) is 6.26 Å². The third-order valence-electron chi connectivity index (χ3n) is 5.61. The summed E-state index contributed by atoms with van der Waals surface area (Å²) in [5.74, 6) is 1.77. The molecule has 1 N–H and O–H groups in total. The molecule has 0 saturated carbocycles. The molecule has 3 heterocycles. The number of aliphatic imine (C=N–C) groups is 1. The highest BCUT2D eigenvalue weighted by molar-refractivity contribution is 14.0. The lowest BCUT2D eigenvalue weighted by atomic mass is 10.0. The largest absolute Gasteiger partial charge is 0.364 e. The van der Waals surface area contributed by atoms with Crippen molar-refractivity contribution in [3.8, 4) is 0 Å². The summed E-state index contributed by atoms with van der Waals surface area (Å²) >= 11 is 0. The van der Waals surface area contributed by atoms with Gasteiger partial charge in [0.2, 0.25) is 0 Å². The number of nitrogens with zero attached hydrogens (tertiary/aromatic N) is 5. The van der Waals surface area contributed by atoms with Gasteiger partial charge >= 0.3 is 0 Å². The molecular formula is C20H37IN6O. The second kappa shape index (κ2) is 12.0. The molecule has 160 valence electrons. The molecule has 7 nitrogen and oxygen atoms in total. The number of hydrogen-bond donors (Lipinski definition) is 1. The maximum atomic E-state index is 4.93. The minimum absolute atomic E-state index is 0. The Morgan fingerprint density at radius 2 is 2.04 bits per heavy atom. The van der Waals surface area contributed by atoms with Crippen LogP contribution in [0.2, 0.25) is 0 Å². The Hall–Kier alpha value is -0.870. The van der Waals surface area contributed by atoms with Crippen molar-refractivity contribution in [1.82, 2.24) is 25.2 Å². The lowest BCUT2D eigenvalue weighted by molar-refractivity contribution is 0.131. The zero-order chi connectivity index (χ0) is 19.1. The minimum atomic E-state index is 0. The molecule has 0 amide bonds. The number of likely N-dealkylation sites (tertiary alicyclic amines) is 1. The van der Waals surface area contributed by atoms with E-state index >= 15 is 0 Å². The first-order valence-electron chi connectivity index (χ1n) is 10.5. The number of halogens is 1.